The van der Waals surface area contributed by atoms with E-state index in [-0.39, 0.29) is 29.9 Å². The van der Waals surface area contributed by atoms with Gasteiger partial charge >= 0.3 is 11.6 Å². The molecule has 4 rings (SSSR count). The molecule has 0 aliphatic carbocycles. The number of anilines is 1. The Morgan fingerprint density at radius 2 is 1.74 bits per heavy atom. The number of hydrogen-bond acceptors (Lipinski definition) is 7. The van der Waals surface area contributed by atoms with E-state index in [0.717, 1.165) is 17.0 Å². The molecule has 0 atom stereocenters. The number of benzene rings is 3. The number of phenolic OH excluding ortho intramolecular Hbond substituents is 1. The van der Waals surface area contributed by atoms with Gasteiger partial charge in [0, 0.05) is 17.6 Å². The number of carbonyl (C=O) groups excluding carboxylic acids is 1. The van der Waals surface area contributed by atoms with Crippen molar-refractivity contribution in [2.24, 2.45) is 0 Å². The highest BCUT2D eigenvalue weighted by molar-refractivity contribution is 5.87. The zero-order valence-electron chi connectivity index (χ0n) is 19.0. The average Bonchev–Trinajstić information content (AvgIpc) is 2.86. The maximum absolute atomic E-state index is 12.6. The summed E-state index contributed by atoms with van der Waals surface area (Å²) in [6.45, 7) is 2.46. The van der Waals surface area contributed by atoms with Crippen LogP contribution in [0.1, 0.15) is 22.3 Å². The second-order valence-corrected chi connectivity index (χ2v) is 7.84. The van der Waals surface area contributed by atoms with Crippen molar-refractivity contribution in [3.05, 3.63) is 99.4 Å². The molecule has 4 aromatic rings. The number of nitrogens with one attached hydrogen (secondary N) is 1. The van der Waals surface area contributed by atoms with E-state index in [1.807, 2.05) is 54.6 Å². The van der Waals surface area contributed by atoms with E-state index in [4.69, 9.17) is 9.15 Å². The topological polar surface area (TPSA) is 98.0 Å². The molecule has 34 heavy (non-hydrogen) atoms. The fraction of sp³-hybridized carbons (Fsp3) is 0.185. The van der Waals surface area contributed by atoms with Gasteiger partial charge in [0.05, 0.1) is 24.7 Å². The summed E-state index contributed by atoms with van der Waals surface area (Å²) in [5.74, 6) is 0.222. The first kappa shape index (κ1) is 22.9. The number of phenols is 1. The zero-order chi connectivity index (χ0) is 24.1. The van der Waals surface area contributed by atoms with Crippen LogP contribution in [0.25, 0.3) is 11.0 Å². The van der Waals surface area contributed by atoms with Crippen LogP contribution in [-0.4, -0.2) is 18.2 Å². The number of ether oxygens (including phenoxy) is 2. The van der Waals surface area contributed by atoms with Gasteiger partial charge in [-0.1, -0.05) is 30.3 Å². The van der Waals surface area contributed by atoms with E-state index in [1.54, 1.807) is 19.1 Å². The van der Waals surface area contributed by atoms with Crippen LogP contribution in [-0.2, 0) is 29.1 Å². The standard InChI is InChI=1S/C27H25NO6/c1-17-21-12-13-24(29)23(26(21)34-27(31)22(17)14-25(30)32-2)15-28-19-8-10-20(11-9-19)33-16-18-6-4-3-5-7-18/h3-13,28-29H,14-16H2,1-2H3. The minimum absolute atomic E-state index is 0.00563. The molecule has 0 unspecified atom stereocenters. The number of methoxy groups -OCH3 is 1. The van der Waals surface area contributed by atoms with Gasteiger partial charge in [-0.25, -0.2) is 4.79 Å². The Morgan fingerprint density at radius 3 is 2.44 bits per heavy atom. The summed E-state index contributed by atoms with van der Waals surface area (Å²) < 4.78 is 16.0. The molecule has 0 aliphatic heterocycles. The van der Waals surface area contributed by atoms with Crippen LogP contribution in [0.5, 0.6) is 11.5 Å². The highest BCUT2D eigenvalue weighted by atomic mass is 16.5. The monoisotopic (exact) mass is 459 g/mol. The predicted molar refractivity (Wildman–Crippen MR) is 129 cm³/mol. The Kier molecular flexibility index (Phi) is 6.82. The quantitative estimate of drug-likeness (QED) is 0.291. The zero-order valence-corrected chi connectivity index (χ0v) is 19.0. The molecule has 0 bridgehead atoms. The fourth-order valence-corrected chi connectivity index (χ4v) is 3.69. The van der Waals surface area contributed by atoms with Crippen molar-refractivity contribution in [1.82, 2.24) is 0 Å². The summed E-state index contributed by atoms with van der Waals surface area (Å²) in [5.41, 5.74) is 2.88. The molecule has 0 spiro atoms. The molecule has 3 aromatic carbocycles. The first-order valence-electron chi connectivity index (χ1n) is 10.8. The molecule has 174 valence electrons. The van der Waals surface area contributed by atoms with Crippen molar-refractivity contribution in [2.45, 2.75) is 26.5 Å². The third-order valence-electron chi connectivity index (χ3n) is 5.65. The van der Waals surface area contributed by atoms with Crippen LogP contribution in [0.4, 0.5) is 5.69 Å². The van der Waals surface area contributed by atoms with Gasteiger partial charge in [-0.3, -0.25) is 4.79 Å². The van der Waals surface area contributed by atoms with Crippen molar-refractivity contribution < 1.29 is 23.8 Å². The van der Waals surface area contributed by atoms with Gasteiger partial charge in [-0.05, 0) is 54.4 Å². The van der Waals surface area contributed by atoms with E-state index in [2.05, 4.69) is 10.1 Å². The van der Waals surface area contributed by atoms with Crippen molar-refractivity contribution in [2.75, 3.05) is 12.4 Å². The highest BCUT2D eigenvalue weighted by Crippen LogP contribution is 2.30. The third-order valence-corrected chi connectivity index (χ3v) is 5.65. The molecule has 2 N–H and O–H groups in total. The Morgan fingerprint density at radius 1 is 1.00 bits per heavy atom. The molecule has 1 aromatic heterocycles. The molecule has 0 saturated heterocycles. The Balaban J connectivity index is 1.51. The molecule has 0 radical (unpaired) electrons. The lowest BCUT2D eigenvalue weighted by atomic mass is 10.0. The predicted octanol–water partition coefficient (Wildman–Crippen LogP) is 4.71. The molecule has 7 heteroatoms. The summed E-state index contributed by atoms with van der Waals surface area (Å²) in [7, 11) is 1.27. The maximum Gasteiger partial charge on any atom is 0.340 e. The van der Waals surface area contributed by atoms with Crippen molar-refractivity contribution in [1.29, 1.82) is 0 Å². The van der Waals surface area contributed by atoms with Crippen LogP contribution in [0.15, 0.2) is 75.9 Å². The van der Waals surface area contributed by atoms with E-state index < -0.39 is 11.6 Å². The van der Waals surface area contributed by atoms with Crippen molar-refractivity contribution in [3.63, 3.8) is 0 Å². The minimum atomic E-state index is -0.623. The highest BCUT2D eigenvalue weighted by Gasteiger charge is 2.18. The van der Waals surface area contributed by atoms with Crippen molar-refractivity contribution >= 4 is 22.6 Å². The van der Waals surface area contributed by atoms with Crippen LogP contribution < -0.4 is 15.7 Å². The number of aryl methyl sites for hydroxylation is 1. The van der Waals surface area contributed by atoms with Gasteiger partial charge in [0.25, 0.3) is 0 Å². The Bertz CT molecular complexity index is 1360. The molecule has 0 amide bonds. The lowest BCUT2D eigenvalue weighted by Gasteiger charge is -2.13. The van der Waals surface area contributed by atoms with Gasteiger partial charge in [0.1, 0.15) is 23.7 Å². The van der Waals surface area contributed by atoms with E-state index in [0.29, 0.717) is 23.1 Å². The van der Waals surface area contributed by atoms with Gasteiger partial charge in [0.2, 0.25) is 0 Å². The number of esters is 1. The first-order valence-corrected chi connectivity index (χ1v) is 10.8. The molecule has 7 nitrogen and oxygen atoms in total. The summed E-state index contributed by atoms with van der Waals surface area (Å²) in [6.07, 6.45) is -0.173. The molecule has 0 aliphatic rings. The number of carbonyl (C=O) groups is 1. The number of aromatic hydroxyl groups is 1. The lowest BCUT2D eigenvalue weighted by molar-refractivity contribution is -0.139. The Labute approximate surface area is 196 Å². The maximum atomic E-state index is 12.6. The summed E-state index contributed by atoms with van der Waals surface area (Å²) in [5, 5.41) is 14.3. The van der Waals surface area contributed by atoms with Gasteiger partial charge in [0.15, 0.2) is 0 Å². The summed E-state index contributed by atoms with van der Waals surface area (Å²) in [6, 6.07) is 20.6. The summed E-state index contributed by atoms with van der Waals surface area (Å²) in [4.78, 5) is 24.2. The number of fused-ring (bicyclic) bond motifs is 1. The minimum Gasteiger partial charge on any atom is -0.507 e. The third kappa shape index (κ3) is 5.04. The molecule has 1 heterocycles. The van der Waals surface area contributed by atoms with Crippen LogP contribution in [0.2, 0.25) is 0 Å². The molecule has 0 saturated carbocycles. The molecule has 0 fully saturated rings. The molecular formula is C27H25NO6. The Hall–Kier alpha value is -4.26. The number of rotatable bonds is 8. The normalized spacial score (nSPS) is 10.8. The second-order valence-electron chi connectivity index (χ2n) is 7.84. The SMILES string of the molecule is COC(=O)Cc1c(C)c2ccc(O)c(CNc3ccc(OCc4ccccc4)cc3)c2oc1=O. The first-order chi connectivity index (χ1) is 16.5. The van der Waals surface area contributed by atoms with Gasteiger partial charge in [-0.2, -0.15) is 0 Å². The smallest absolute Gasteiger partial charge is 0.340 e. The average molecular weight is 459 g/mol. The number of hydrogen-bond donors (Lipinski definition) is 2. The van der Waals surface area contributed by atoms with E-state index in [1.165, 1.54) is 7.11 Å². The molecular weight excluding hydrogens is 434 g/mol. The summed E-state index contributed by atoms with van der Waals surface area (Å²) >= 11 is 0. The lowest BCUT2D eigenvalue weighted by Crippen LogP contribution is -2.16. The van der Waals surface area contributed by atoms with Crippen molar-refractivity contribution in [3.8, 4) is 11.5 Å². The van der Waals surface area contributed by atoms with Gasteiger partial charge < -0.3 is 24.3 Å². The van der Waals surface area contributed by atoms with E-state index >= 15 is 0 Å². The van der Waals surface area contributed by atoms with E-state index in [9.17, 15) is 14.7 Å². The van der Waals surface area contributed by atoms with Crippen LogP contribution >= 0.6 is 0 Å². The largest absolute Gasteiger partial charge is 0.507 e. The van der Waals surface area contributed by atoms with Crippen LogP contribution in [0.3, 0.4) is 0 Å². The van der Waals surface area contributed by atoms with Crippen LogP contribution in [0, 0.1) is 6.92 Å². The second kappa shape index (κ2) is 10.1. The van der Waals surface area contributed by atoms with Gasteiger partial charge in [-0.15, -0.1) is 0 Å². The fourth-order valence-electron chi connectivity index (χ4n) is 3.69.